The molecule has 0 unspecified atom stereocenters. The molecule has 1 fully saturated rings. The van der Waals surface area contributed by atoms with E-state index in [1.807, 2.05) is 25.8 Å². The van der Waals surface area contributed by atoms with Crippen molar-refractivity contribution in [2.24, 2.45) is 16.3 Å². The van der Waals surface area contributed by atoms with Gasteiger partial charge in [0.1, 0.15) is 0 Å². The number of guanidine groups is 1. The highest BCUT2D eigenvalue weighted by Crippen LogP contribution is 2.28. The molecule has 0 heterocycles. The standard InChI is InChI=1S/C15H30N4O2.HI/c1-15(2,13(20)16-3)11-18-14(17-4)19(5)8-9-21-10-12-6-7-12;/h12H,6-11H2,1-5H3,(H,16,20)(H,17,18);1H. The smallest absolute Gasteiger partial charge is 0.227 e. The Balaban J connectivity index is 0.00000441. The van der Waals surface area contributed by atoms with E-state index in [-0.39, 0.29) is 29.9 Å². The van der Waals surface area contributed by atoms with Gasteiger partial charge in [-0.1, -0.05) is 0 Å². The molecule has 1 amide bonds. The summed E-state index contributed by atoms with van der Waals surface area (Å²) in [5.74, 6) is 1.59. The summed E-state index contributed by atoms with van der Waals surface area (Å²) < 4.78 is 5.64. The van der Waals surface area contributed by atoms with Crippen LogP contribution in [-0.4, -0.2) is 64.2 Å². The van der Waals surface area contributed by atoms with Gasteiger partial charge in [-0.15, -0.1) is 24.0 Å². The van der Waals surface area contributed by atoms with Crippen molar-refractivity contribution in [1.82, 2.24) is 15.5 Å². The molecule has 0 radical (unpaired) electrons. The van der Waals surface area contributed by atoms with E-state index in [0.717, 1.165) is 25.0 Å². The number of aliphatic imine (C=N–C) groups is 1. The van der Waals surface area contributed by atoms with Gasteiger partial charge in [0.25, 0.3) is 0 Å². The highest BCUT2D eigenvalue weighted by molar-refractivity contribution is 14.0. The number of nitrogens with zero attached hydrogens (tertiary/aromatic N) is 2. The molecule has 7 heteroatoms. The van der Waals surface area contributed by atoms with Crippen LogP contribution in [0, 0.1) is 11.3 Å². The van der Waals surface area contributed by atoms with Gasteiger partial charge in [0, 0.05) is 40.8 Å². The lowest BCUT2D eigenvalue weighted by molar-refractivity contribution is -0.128. The summed E-state index contributed by atoms with van der Waals surface area (Å²) >= 11 is 0. The van der Waals surface area contributed by atoms with Crippen LogP contribution in [0.3, 0.4) is 0 Å². The minimum absolute atomic E-state index is 0. The molecule has 1 rings (SSSR count). The lowest BCUT2D eigenvalue weighted by Gasteiger charge is -2.27. The predicted octanol–water partition coefficient (Wildman–Crippen LogP) is 1.31. The number of rotatable bonds is 8. The molecule has 6 nitrogen and oxygen atoms in total. The molecule has 130 valence electrons. The fourth-order valence-corrected chi connectivity index (χ4v) is 1.95. The largest absolute Gasteiger partial charge is 0.379 e. The first-order chi connectivity index (χ1) is 9.90. The molecule has 1 aliphatic carbocycles. The van der Waals surface area contributed by atoms with Gasteiger partial charge in [-0.2, -0.15) is 0 Å². The van der Waals surface area contributed by atoms with Gasteiger partial charge >= 0.3 is 0 Å². The number of hydrogen-bond acceptors (Lipinski definition) is 3. The van der Waals surface area contributed by atoms with Gasteiger partial charge in [0.05, 0.1) is 12.0 Å². The number of carbonyl (C=O) groups is 1. The minimum atomic E-state index is -0.478. The van der Waals surface area contributed by atoms with Gasteiger partial charge in [0.2, 0.25) is 5.91 Å². The molecule has 0 bridgehead atoms. The van der Waals surface area contributed by atoms with Crippen LogP contribution in [0.15, 0.2) is 4.99 Å². The Kier molecular flexibility index (Phi) is 9.99. The second-order valence-electron chi connectivity index (χ2n) is 6.30. The molecule has 0 spiro atoms. The van der Waals surface area contributed by atoms with E-state index in [1.54, 1.807) is 14.1 Å². The molecule has 0 aromatic carbocycles. The lowest BCUT2D eigenvalue weighted by Crippen LogP contribution is -2.48. The number of amides is 1. The molecule has 0 aromatic heterocycles. The Morgan fingerprint density at radius 1 is 1.41 bits per heavy atom. The average Bonchev–Trinajstić information content (AvgIpc) is 3.27. The summed E-state index contributed by atoms with van der Waals surface area (Å²) in [5.41, 5.74) is -0.478. The Morgan fingerprint density at radius 3 is 2.55 bits per heavy atom. The summed E-state index contributed by atoms with van der Waals surface area (Å²) in [5, 5.41) is 5.93. The van der Waals surface area contributed by atoms with E-state index >= 15 is 0 Å². The van der Waals surface area contributed by atoms with Crippen molar-refractivity contribution < 1.29 is 9.53 Å². The van der Waals surface area contributed by atoms with Crippen LogP contribution in [0.2, 0.25) is 0 Å². The van der Waals surface area contributed by atoms with E-state index in [0.29, 0.717) is 13.2 Å². The summed E-state index contributed by atoms with van der Waals surface area (Å²) in [6.07, 6.45) is 2.63. The van der Waals surface area contributed by atoms with Crippen molar-refractivity contribution in [2.75, 3.05) is 47.4 Å². The van der Waals surface area contributed by atoms with Crippen LogP contribution in [-0.2, 0) is 9.53 Å². The third-order valence-electron chi connectivity index (χ3n) is 3.73. The molecule has 1 saturated carbocycles. The molecule has 0 aromatic rings. The zero-order chi connectivity index (χ0) is 15.9. The molecule has 22 heavy (non-hydrogen) atoms. The van der Waals surface area contributed by atoms with Gasteiger partial charge in [-0.05, 0) is 32.6 Å². The molecule has 0 saturated heterocycles. The molecule has 2 N–H and O–H groups in total. The van der Waals surface area contributed by atoms with Crippen molar-refractivity contribution in [3.05, 3.63) is 0 Å². The monoisotopic (exact) mass is 426 g/mol. The van der Waals surface area contributed by atoms with E-state index in [9.17, 15) is 4.79 Å². The molecule has 0 atom stereocenters. The Morgan fingerprint density at radius 2 is 2.05 bits per heavy atom. The van der Waals surface area contributed by atoms with Crippen LogP contribution in [0.4, 0.5) is 0 Å². The van der Waals surface area contributed by atoms with Crippen molar-refractivity contribution >= 4 is 35.8 Å². The second-order valence-corrected chi connectivity index (χ2v) is 6.30. The van der Waals surface area contributed by atoms with Crippen LogP contribution in [0.25, 0.3) is 0 Å². The van der Waals surface area contributed by atoms with Gasteiger partial charge in [-0.25, -0.2) is 0 Å². The zero-order valence-corrected chi connectivity index (χ0v) is 16.8. The van der Waals surface area contributed by atoms with E-state index < -0.39 is 5.41 Å². The average molecular weight is 426 g/mol. The van der Waals surface area contributed by atoms with Crippen molar-refractivity contribution in [3.63, 3.8) is 0 Å². The zero-order valence-electron chi connectivity index (χ0n) is 14.4. The summed E-state index contributed by atoms with van der Waals surface area (Å²) in [6, 6.07) is 0. The topological polar surface area (TPSA) is 66.0 Å². The Hall–Kier alpha value is -0.570. The first-order valence-electron chi connectivity index (χ1n) is 7.62. The van der Waals surface area contributed by atoms with Crippen LogP contribution >= 0.6 is 24.0 Å². The molecule has 0 aliphatic heterocycles. The normalized spacial score (nSPS) is 15.0. The van der Waals surface area contributed by atoms with Crippen LogP contribution < -0.4 is 10.6 Å². The summed E-state index contributed by atoms with van der Waals surface area (Å²) in [7, 11) is 5.38. The SMILES string of the molecule is CN=C(NCC(C)(C)C(=O)NC)N(C)CCOCC1CC1.I. The second kappa shape index (κ2) is 10.3. The fraction of sp³-hybridized carbons (Fsp3) is 0.867. The maximum absolute atomic E-state index is 11.8. The third kappa shape index (κ3) is 7.62. The summed E-state index contributed by atoms with van der Waals surface area (Å²) in [6.45, 7) is 6.71. The maximum Gasteiger partial charge on any atom is 0.227 e. The van der Waals surface area contributed by atoms with E-state index in [1.165, 1.54) is 12.8 Å². The first-order valence-corrected chi connectivity index (χ1v) is 7.62. The molecular weight excluding hydrogens is 395 g/mol. The molecule has 1 aliphatic rings. The Bertz CT molecular complexity index is 371. The quantitative estimate of drug-likeness (QED) is 0.266. The number of likely N-dealkylation sites (N-methyl/N-ethyl adjacent to an activating group) is 1. The van der Waals surface area contributed by atoms with Crippen LogP contribution in [0.5, 0.6) is 0 Å². The number of nitrogens with one attached hydrogen (secondary N) is 2. The first kappa shape index (κ1) is 21.4. The van der Waals surface area contributed by atoms with Crippen LogP contribution in [0.1, 0.15) is 26.7 Å². The lowest BCUT2D eigenvalue weighted by atomic mass is 9.92. The van der Waals surface area contributed by atoms with Crippen molar-refractivity contribution in [2.45, 2.75) is 26.7 Å². The van der Waals surface area contributed by atoms with Gasteiger partial charge in [0.15, 0.2) is 5.96 Å². The summed E-state index contributed by atoms with van der Waals surface area (Å²) in [4.78, 5) is 18.0. The van der Waals surface area contributed by atoms with Gasteiger partial charge in [-0.3, -0.25) is 9.79 Å². The third-order valence-corrected chi connectivity index (χ3v) is 3.73. The number of halogens is 1. The number of hydrogen-bond donors (Lipinski definition) is 2. The fourth-order valence-electron chi connectivity index (χ4n) is 1.95. The highest BCUT2D eigenvalue weighted by Gasteiger charge is 2.27. The van der Waals surface area contributed by atoms with Crippen molar-refractivity contribution in [3.8, 4) is 0 Å². The number of ether oxygens (including phenoxy) is 1. The van der Waals surface area contributed by atoms with Gasteiger partial charge < -0.3 is 20.3 Å². The Labute approximate surface area is 151 Å². The number of carbonyl (C=O) groups excluding carboxylic acids is 1. The maximum atomic E-state index is 11.8. The highest BCUT2D eigenvalue weighted by atomic mass is 127. The predicted molar refractivity (Wildman–Crippen MR) is 101 cm³/mol. The minimum Gasteiger partial charge on any atom is -0.379 e. The van der Waals surface area contributed by atoms with E-state index in [2.05, 4.69) is 15.6 Å². The molecular formula is C15H31IN4O2. The van der Waals surface area contributed by atoms with E-state index in [4.69, 9.17) is 4.74 Å². The van der Waals surface area contributed by atoms with Crippen molar-refractivity contribution in [1.29, 1.82) is 0 Å².